The Kier molecular flexibility index (Phi) is 3.17. The van der Waals surface area contributed by atoms with Crippen molar-refractivity contribution in [2.24, 2.45) is 0 Å². The molecule has 0 aliphatic carbocycles. The van der Waals surface area contributed by atoms with Gasteiger partial charge in [-0.05, 0) is 30.2 Å². The standard InChI is InChI=1S/C16H15N3O2/c1-10(2)13-9-8-12-14(17-13)19(16(21)18-15(12)20)11-6-4-3-5-7-11/h3-10H,1-2H3,(H,18,20,21). The van der Waals surface area contributed by atoms with Crippen molar-refractivity contribution in [1.82, 2.24) is 14.5 Å². The Morgan fingerprint density at radius 2 is 1.76 bits per heavy atom. The van der Waals surface area contributed by atoms with Gasteiger partial charge in [0.25, 0.3) is 5.56 Å². The maximum atomic E-state index is 12.2. The maximum absolute atomic E-state index is 12.2. The highest BCUT2D eigenvalue weighted by Gasteiger charge is 2.12. The second-order valence-corrected chi connectivity index (χ2v) is 5.19. The number of para-hydroxylation sites is 1. The van der Waals surface area contributed by atoms with Crippen LogP contribution in [-0.4, -0.2) is 14.5 Å². The molecule has 1 N–H and O–H groups in total. The smallest absolute Gasteiger partial charge is 0.273 e. The van der Waals surface area contributed by atoms with Gasteiger partial charge in [0.15, 0.2) is 5.65 Å². The Hall–Kier alpha value is -2.69. The molecule has 2 aromatic heterocycles. The van der Waals surface area contributed by atoms with Crippen molar-refractivity contribution in [3.8, 4) is 5.69 Å². The summed E-state index contributed by atoms with van der Waals surface area (Å²) >= 11 is 0. The largest absolute Gasteiger partial charge is 0.334 e. The number of rotatable bonds is 2. The fourth-order valence-corrected chi connectivity index (χ4v) is 2.27. The number of benzene rings is 1. The van der Waals surface area contributed by atoms with Crippen LogP contribution in [0.1, 0.15) is 25.5 Å². The van der Waals surface area contributed by atoms with Crippen molar-refractivity contribution in [2.75, 3.05) is 0 Å². The minimum absolute atomic E-state index is 0.216. The van der Waals surface area contributed by atoms with E-state index >= 15 is 0 Å². The molecule has 5 heteroatoms. The van der Waals surface area contributed by atoms with E-state index in [2.05, 4.69) is 9.97 Å². The van der Waals surface area contributed by atoms with Crippen LogP contribution in [0.25, 0.3) is 16.7 Å². The third-order valence-corrected chi connectivity index (χ3v) is 3.38. The minimum atomic E-state index is -0.480. The number of hydrogen-bond donors (Lipinski definition) is 1. The Balaban J connectivity index is 2.45. The Morgan fingerprint density at radius 1 is 1.05 bits per heavy atom. The van der Waals surface area contributed by atoms with Crippen LogP contribution in [0.4, 0.5) is 0 Å². The molecule has 0 unspecified atom stereocenters. The van der Waals surface area contributed by atoms with Crippen LogP contribution in [0, 0.1) is 0 Å². The third kappa shape index (κ3) is 2.27. The quantitative estimate of drug-likeness (QED) is 0.783. The summed E-state index contributed by atoms with van der Waals surface area (Å²) in [5.74, 6) is 0.216. The monoisotopic (exact) mass is 281 g/mol. The highest BCUT2D eigenvalue weighted by atomic mass is 16.2. The van der Waals surface area contributed by atoms with Gasteiger partial charge in [-0.2, -0.15) is 0 Å². The van der Waals surface area contributed by atoms with Crippen LogP contribution in [-0.2, 0) is 0 Å². The fraction of sp³-hybridized carbons (Fsp3) is 0.188. The molecule has 0 amide bonds. The first-order valence-electron chi connectivity index (χ1n) is 6.79. The molecule has 0 aliphatic heterocycles. The molecule has 0 radical (unpaired) electrons. The van der Waals surface area contributed by atoms with Crippen molar-refractivity contribution in [3.05, 3.63) is 69.0 Å². The second kappa shape index (κ2) is 5.01. The minimum Gasteiger partial charge on any atom is -0.273 e. The molecule has 0 fully saturated rings. The summed E-state index contributed by atoms with van der Waals surface area (Å²) in [6, 6.07) is 12.7. The van der Waals surface area contributed by atoms with Gasteiger partial charge in [0.05, 0.1) is 11.1 Å². The lowest BCUT2D eigenvalue weighted by atomic mass is 10.1. The fourth-order valence-electron chi connectivity index (χ4n) is 2.27. The van der Waals surface area contributed by atoms with Crippen LogP contribution in [0.3, 0.4) is 0 Å². The lowest BCUT2D eigenvalue weighted by Gasteiger charge is -2.11. The van der Waals surface area contributed by atoms with Crippen molar-refractivity contribution in [2.45, 2.75) is 19.8 Å². The normalized spacial score (nSPS) is 11.2. The van der Waals surface area contributed by atoms with E-state index < -0.39 is 11.2 Å². The number of nitrogens with zero attached hydrogens (tertiary/aromatic N) is 2. The molecule has 0 spiro atoms. The van der Waals surface area contributed by atoms with E-state index in [-0.39, 0.29) is 5.92 Å². The van der Waals surface area contributed by atoms with E-state index in [0.717, 1.165) is 5.69 Å². The molecule has 0 aliphatic rings. The molecule has 2 heterocycles. The molecule has 0 bridgehead atoms. The Labute approximate surface area is 120 Å². The van der Waals surface area contributed by atoms with Gasteiger partial charge in [-0.25, -0.2) is 14.3 Å². The molecular formula is C16H15N3O2. The van der Waals surface area contributed by atoms with Gasteiger partial charge in [-0.3, -0.25) is 9.78 Å². The van der Waals surface area contributed by atoms with Gasteiger partial charge < -0.3 is 0 Å². The first kappa shape index (κ1) is 13.3. The van der Waals surface area contributed by atoms with Gasteiger partial charge >= 0.3 is 5.69 Å². The molecule has 3 rings (SSSR count). The molecule has 106 valence electrons. The molecule has 0 saturated carbocycles. The molecule has 1 aromatic carbocycles. The number of fused-ring (bicyclic) bond motifs is 1. The van der Waals surface area contributed by atoms with Crippen molar-refractivity contribution in [3.63, 3.8) is 0 Å². The van der Waals surface area contributed by atoms with Crippen LogP contribution in [0.15, 0.2) is 52.1 Å². The van der Waals surface area contributed by atoms with Crippen LogP contribution < -0.4 is 11.2 Å². The van der Waals surface area contributed by atoms with Gasteiger partial charge in [0.1, 0.15) is 0 Å². The average molecular weight is 281 g/mol. The summed E-state index contributed by atoms with van der Waals surface area (Å²) in [6.45, 7) is 4.04. The number of H-pyrrole nitrogens is 1. The first-order chi connectivity index (χ1) is 10.1. The number of aromatic amines is 1. The summed E-state index contributed by atoms with van der Waals surface area (Å²) < 4.78 is 1.43. The van der Waals surface area contributed by atoms with Crippen LogP contribution >= 0.6 is 0 Å². The van der Waals surface area contributed by atoms with Crippen LogP contribution in [0.5, 0.6) is 0 Å². The second-order valence-electron chi connectivity index (χ2n) is 5.19. The third-order valence-electron chi connectivity index (χ3n) is 3.38. The van der Waals surface area contributed by atoms with E-state index in [1.54, 1.807) is 6.07 Å². The zero-order valence-electron chi connectivity index (χ0n) is 11.8. The summed E-state index contributed by atoms with van der Waals surface area (Å²) in [5.41, 5.74) is 1.02. The van der Waals surface area contributed by atoms with Crippen molar-refractivity contribution < 1.29 is 0 Å². The zero-order valence-corrected chi connectivity index (χ0v) is 11.8. The zero-order chi connectivity index (χ0) is 15.0. The highest BCUT2D eigenvalue weighted by molar-refractivity contribution is 5.75. The highest BCUT2D eigenvalue weighted by Crippen LogP contribution is 2.16. The number of pyridine rings is 1. The van der Waals surface area contributed by atoms with E-state index in [0.29, 0.717) is 16.7 Å². The molecule has 5 nitrogen and oxygen atoms in total. The summed E-state index contributed by atoms with van der Waals surface area (Å²) in [7, 11) is 0. The van der Waals surface area contributed by atoms with Gasteiger partial charge in [-0.15, -0.1) is 0 Å². The molecule has 21 heavy (non-hydrogen) atoms. The lowest BCUT2D eigenvalue weighted by Crippen LogP contribution is -2.30. The maximum Gasteiger partial charge on any atom is 0.334 e. The summed E-state index contributed by atoms with van der Waals surface area (Å²) in [6.07, 6.45) is 0. The van der Waals surface area contributed by atoms with Gasteiger partial charge in [0.2, 0.25) is 0 Å². The first-order valence-corrected chi connectivity index (χ1v) is 6.79. The Morgan fingerprint density at radius 3 is 2.43 bits per heavy atom. The van der Waals surface area contributed by atoms with Crippen molar-refractivity contribution in [1.29, 1.82) is 0 Å². The SMILES string of the molecule is CC(C)c1ccc2c(=O)[nH]c(=O)n(-c3ccccc3)c2n1. The number of aromatic nitrogens is 3. The Bertz CT molecular complexity index is 908. The molecule has 0 atom stereocenters. The van der Waals surface area contributed by atoms with E-state index in [9.17, 15) is 9.59 Å². The molecule has 0 saturated heterocycles. The van der Waals surface area contributed by atoms with Crippen molar-refractivity contribution >= 4 is 11.0 Å². The van der Waals surface area contributed by atoms with Gasteiger partial charge in [-0.1, -0.05) is 32.0 Å². The lowest BCUT2D eigenvalue weighted by molar-refractivity contribution is 0.818. The predicted octanol–water partition coefficient (Wildman–Crippen LogP) is 2.20. The van der Waals surface area contributed by atoms with E-state index in [1.165, 1.54) is 4.57 Å². The average Bonchev–Trinajstić information content (AvgIpc) is 2.47. The number of nitrogens with one attached hydrogen (secondary N) is 1. The topological polar surface area (TPSA) is 67.8 Å². The van der Waals surface area contributed by atoms with Crippen LogP contribution in [0.2, 0.25) is 0 Å². The van der Waals surface area contributed by atoms with E-state index in [1.807, 2.05) is 50.2 Å². The predicted molar refractivity (Wildman–Crippen MR) is 82.0 cm³/mol. The molecule has 3 aromatic rings. The summed E-state index contributed by atoms with van der Waals surface area (Å²) in [5, 5.41) is 0.405. The van der Waals surface area contributed by atoms with Gasteiger partial charge in [0, 0.05) is 5.69 Å². The number of hydrogen-bond acceptors (Lipinski definition) is 3. The van der Waals surface area contributed by atoms with E-state index in [4.69, 9.17) is 0 Å². The molecular weight excluding hydrogens is 266 g/mol. The summed E-state index contributed by atoms with van der Waals surface area (Å²) in [4.78, 5) is 31.0.